The molecule has 0 saturated carbocycles. The Morgan fingerprint density at radius 1 is 1.10 bits per heavy atom. The number of hydrogen-bond acceptors (Lipinski definition) is 7. The number of nitrogens with two attached hydrogens (primary N) is 1. The number of nitrogens with one attached hydrogen (secondary N) is 1. The number of aromatic nitrogens is 2. The zero-order valence-corrected chi connectivity index (χ0v) is 17.5. The summed E-state index contributed by atoms with van der Waals surface area (Å²) in [5.41, 5.74) is -0.109. The van der Waals surface area contributed by atoms with Crippen molar-refractivity contribution >= 4 is 38.4 Å². The van der Waals surface area contributed by atoms with Gasteiger partial charge in [0.15, 0.2) is 12.3 Å². The first-order valence-electron chi connectivity index (χ1n) is 9.19. The molecule has 0 aliphatic rings. The van der Waals surface area contributed by atoms with Crippen LogP contribution >= 0.6 is 0 Å². The zero-order chi connectivity index (χ0) is 22.8. The third-order valence-electron chi connectivity index (χ3n) is 4.31. The monoisotopic (exact) mass is 444 g/mol. The van der Waals surface area contributed by atoms with Crippen molar-refractivity contribution in [3.8, 4) is 0 Å². The topological polar surface area (TPSA) is 150 Å². The Hall–Kier alpha value is -3.57. The highest BCUT2D eigenvalue weighted by Gasteiger charge is 2.20. The number of hydrogen-bond donors (Lipinski definition) is 2. The Balaban J connectivity index is 1.75. The zero-order valence-electron chi connectivity index (χ0n) is 16.7. The maximum atomic E-state index is 12.6. The van der Waals surface area contributed by atoms with Gasteiger partial charge in [-0.1, -0.05) is 18.2 Å². The molecule has 3 aromatic rings. The lowest BCUT2D eigenvalue weighted by Gasteiger charge is -2.13. The van der Waals surface area contributed by atoms with Crippen molar-refractivity contribution < 1.29 is 22.7 Å². The molecule has 0 saturated heterocycles. The molecule has 1 amide bonds. The lowest BCUT2D eigenvalue weighted by molar-refractivity contribution is -0.119. The Kier molecular flexibility index (Phi) is 6.18. The quantitative estimate of drug-likeness (QED) is 0.546. The molecule has 0 aliphatic heterocycles. The van der Waals surface area contributed by atoms with Gasteiger partial charge >= 0.3 is 5.97 Å². The van der Waals surface area contributed by atoms with Crippen LogP contribution in [0.25, 0.3) is 10.8 Å². The fourth-order valence-electron chi connectivity index (χ4n) is 2.83. The molecule has 1 aromatic heterocycles. The van der Waals surface area contributed by atoms with Crippen molar-refractivity contribution in [1.29, 1.82) is 0 Å². The van der Waals surface area contributed by atoms with Crippen molar-refractivity contribution in [2.75, 3.05) is 11.9 Å². The smallest absolute Gasteiger partial charge is 0.359 e. The Morgan fingerprint density at radius 2 is 1.71 bits per heavy atom. The van der Waals surface area contributed by atoms with Gasteiger partial charge in [-0.15, -0.1) is 0 Å². The number of benzene rings is 2. The van der Waals surface area contributed by atoms with Gasteiger partial charge in [0, 0.05) is 11.1 Å². The SMILES string of the molecule is CC(C)n1nc(C(=O)OCC(=O)Nc2ccc(S(N)(=O)=O)cc2)c2ccccc2c1=O. The van der Waals surface area contributed by atoms with Crippen LogP contribution in [-0.2, 0) is 19.6 Å². The lowest BCUT2D eigenvalue weighted by Crippen LogP contribution is -2.28. The van der Waals surface area contributed by atoms with E-state index in [1.165, 1.54) is 28.9 Å². The van der Waals surface area contributed by atoms with Gasteiger partial charge in [-0.2, -0.15) is 5.10 Å². The van der Waals surface area contributed by atoms with Crippen molar-refractivity contribution in [2.45, 2.75) is 24.8 Å². The number of primary sulfonamides is 1. The molecule has 0 aliphatic carbocycles. The minimum absolute atomic E-state index is 0.0748. The van der Waals surface area contributed by atoms with Crippen LogP contribution in [0.3, 0.4) is 0 Å². The van der Waals surface area contributed by atoms with Crippen LogP contribution in [0.5, 0.6) is 0 Å². The first-order valence-corrected chi connectivity index (χ1v) is 10.7. The summed E-state index contributed by atoms with van der Waals surface area (Å²) in [6.07, 6.45) is 0. The predicted molar refractivity (Wildman–Crippen MR) is 113 cm³/mol. The number of ether oxygens (including phenoxy) is 1. The minimum Gasteiger partial charge on any atom is -0.451 e. The maximum absolute atomic E-state index is 12.6. The summed E-state index contributed by atoms with van der Waals surface area (Å²) in [5, 5.41) is 12.3. The highest BCUT2D eigenvalue weighted by atomic mass is 32.2. The minimum atomic E-state index is -3.84. The average Bonchev–Trinajstić information content (AvgIpc) is 2.72. The van der Waals surface area contributed by atoms with Crippen LogP contribution in [0.15, 0.2) is 58.2 Å². The molecule has 2 aromatic carbocycles. The van der Waals surface area contributed by atoms with E-state index < -0.39 is 28.5 Å². The first kappa shape index (κ1) is 22.1. The highest BCUT2D eigenvalue weighted by Crippen LogP contribution is 2.16. The molecule has 0 spiro atoms. The van der Waals surface area contributed by atoms with Crippen LogP contribution in [0.4, 0.5) is 5.69 Å². The third-order valence-corrected chi connectivity index (χ3v) is 5.24. The van der Waals surface area contributed by atoms with E-state index in [0.29, 0.717) is 16.5 Å². The van der Waals surface area contributed by atoms with Crippen molar-refractivity contribution in [2.24, 2.45) is 5.14 Å². The third kappa shape index (κ3) is 4.95. The van der Waals surface area contributed by atoms with Crippen molar-refractivity contribution in [3.05, 3.63) is 64.6 Å². The van der Waals surface area contributed by atoms with E-state index in [4.69, 9.17) is 9.88 Å². The Labute approximate surface area is 177 Å². The molecule has 10 nitrogen and oxygen atoms in total. The number of nitrogens with zero attached hydrogens (tertiary/aromatic N) is 2. The molecule has 0 radical (unpaired) electrons. The molecule has 0 atom stereocenters. The van der Waals surface area contributed by atoms with E-state index >= 15 is 0 Å². The van der Waals surface area contributed by atoms with E-state index in [2.05, 4.69) is 10.4 Å². The van der Waals surface area contributed by atoms with Crippen LogP contribution in [0.2, 0.25) is 0 Å². The number of fused-ring (bicyclic) bond motifs is 1. The van der Waals surface area contributed by atoms with Gasteiger partial charge in [0.2, 0.25) is 10.0 Å². The summed E-state index contributed by atoms with van der Waals surface area (Å²) in [6.45, 7) is 2.91. The first-order chi connectivity index (χ1) is 14.6. The normalized spacial score (nSPS) is 11.5. The molecule has 0 bridgehead atoms. The number of sulfonamides is 1. The second kappa shape index (κ2) is 8.66. The van der Waals surface area contributed by atoms with Crippen LogP contribution in [-0.4, -0.2) is 36.7 Å². The van der Waals surface area contributed by atoms with Gasteiger partial charge in [0.1, 0.15) is 0 Å². The van der Waals surface area contributed by atoms with E-state index in [9.17, 15) is 22.8 Å². The van der Waals surface area contributed by atoms with Gasteiger partial charge in [-0.25, -0.2) is 23.0 Å². The molecule has 162 valence electrons. The van der Waals surface area contributed by atoms with Crippen molar-refractivity contribution in [3.63, 3.8) is 0 Å². The van der Waals surface area contributed by atoms with Gasteiger partial charge < -0.3 is 10.1 Å². The van der Waals surface area contributed by atoms with Gasteiger partial charge in [0.25, 0.3) is 11.5 Å². The Morgan fingerprint density at radius 3 is 2.29 bits per heavy atom. The molecule has 1 heterocycles. The molecule has 31 heavy (non-hydrogen) atoms. The molecule has 11 heteroatoms. The molecular formula is C20H20N4O6S. The highest BCUT2D eigenvalue weighted by molar-refractivity contribution is 7.89. The molecule has 3 rings (SSSR count). The van der Waals surface area contributed by atoms with Gasteiger partial charge in [0.05, 0.1) is 16.3 Å². The van der Waals surface area contributed by atoms with E-state index in [-0.39, 0.29) is 22.2 Å². The van der Waals surface area contributed by atoms with E-state index in [1.54, 1.807) is 38.1 Å². The summed E-state index contributed by atoms with van der Waals surface area (Å²) in [7, 11) is -3.84. The average molecular weight is 444 g/mol. The molecular weight excluding hydrogens is 424 g/mol. The summed E-state index contributed by atoms with van der Waals surface area (Å²) in [5.74, 6) is -1.50. The number of carbonyl (C=O) groups excluding carboxylic acids is 2. The fraction of sp³-hybridized carbons (Fsp3) is 0.200. The summed E-state index contributed by atoms with van der Waals surface area (Å²) < 4.78 is 28.8. The maximum Gasteiger partial charge on any atom is 0.359 e. The van der Waals surface area contributed by atoms with E-state index in [1.807, 2.05) is 0 Å². The second-order valence-electron chi connectivity index (χ2n) is 6.93. The fourth-order valence-corrected chi connectivity index (χ4v) is 3.35. The number of amides is 1. The van der Waals surface area contributed by atoms with Gasteiger partial charge in [-0.3, -0.25) is 9.59 Å². The largest absolute Gasteiger partial charge is 0.451 e. The lowest BCUT2D eigenvalue weighted by atomic mass is 10.1. The Bertz CT molecular complexity index is 1310. The summed E-state index contributed by atoms with van der Waals surface area (Å²) in [4.78, 5) is 37.1. The van der Waals surface area contributed by atoms with E-state index in [0.717, 1.165) is 0 Å². The molecule has 0 unspecified atom stereocenters. The molecule has 3 N–H and O–H groups in total. The van der Waals surface area contributed by atoms with Crippen LogP contribution in [0.1, 0.15) is 30.4 Å². The standard InChI is InChI=1S/C20H20N4O6S/c1-12(2)24-19(26)16-6-4-3-5-15(16)18(23-24)20(27)30-11-17(25)22-13-7-9-14(10-8-13)31(21,28)29/h3-10,12H,11H2,1-2H3,(H,22,25)(H2,21,28,29). The van der Waals surface area contributed by atoms with Crippen LogP contribution < -0.4 is 16.0 Å². The second-order valence-corrected chi connectivity index (χ2v) is 8.49. The predicted octanol–water partition coefficient (Wildman–Crippen LogP) is 1.42. The summed E-state index contributed by atoms with van der Waals surface area (Å²) in [6, 6.07) is 11.4. The van der Waals surface area contributed by atoms with Crippen LogP contribution in [0, 0.1) is 0 Å². The summed E-state index contributed by atoms with van der Waals surface area (Å²) >= 11 is 0. The van der Waals surface area contributed by atoms with Gasteiger partial charge in [-0.05, 0) is 44.2 Å². The van der Waals surface area contributed by atoms with Crippen molar-refractivity contribution in [1.82, 2.24) is 9.78 Å². The molecule has 0 fully saturated rings. The number of carbonyl (C=O) groups is 2. The number of esters is 1. The number of anilines is 1. The number of rotatable bonds is 6.